The maximum atomic E-state index is 12.5. The Bertz CT molecular complexity index is 991. The molecule has 0 aliphatic carbocycles. The Hall–Kier alpha value is -2.77. The fourth-order valence-electron chi connectivity index (χ4n) is 3.08. The van der Waals surface area contributed by atoms with Gasteiger partial charge < -0.3 is 15.4 Å². The summed E-state index contributed by atoms with van der Waals surface area (Å²) >= 11 is 5.94. The SMILES string of the molecule is O=C(NCc1cc(Cl)ccn1)c1ccc2cnc(NC3CCOCC3)cc2n1. The number of pyridine rings is 3. The Balaban J connectivity index is 1.46. The number of anilines is 1. The van der Waals surface area contributed by atoms with Crippen molar-refractivity contribution in [3.63, 3.8) is 0 Å². The Morgan fingerprint density at radius 3 is 2.86 bits per heavy atom. The second-order valence-corrected chi connectivity index (χ2v) is 7.07. The lowest BCUT2D eigenvalue weighted by molar-refractivity contribution is 0.0903. The maximum absolute atomic E-state index is 12.5. The predicted octanol–water partition coefficient (Wildman–Crippen LogP) is 3.20. The van der Waals surface area contributed by atoms with Crippen LogP contribution in [0, 0.1) is 0 Å². The monoisotopic (exact) mass is 397 g/mol. The third-order valence-electron chi connectivity index (χ3n) is 4.59. The minimum atomic E-state index is -0.264. The number of aromatic nitrogens is 3. The lowest BCUT2D eigenvalue weighted by atomic mass is 10.1. The maximum Gasteiger partial charge on any atom is 0.270 e. The van der Waals surface area contributed by atoms with E-state index in [2.05, 4.69) is 25.6 Å². The smallest absolute Gasteiger partial charge is 0.270 e. The number of nitrogens with zero attached hydrogens (tertiary/aromatic N) is 3. The minimum absolute atomic E-state index is 0.264. The fraction of sp³-hybridized carbons (Fsp3) is 0.300. The first-order valence-corrected chi connectivity index (χ1v) is 9.55. The molecule has 0 unspecified atom stereocenters. The molecule has 0 radical (unpaired) electrons. The third-order valence-corrected chi connectivity index (χ3v) is 4.82. The fourth-order valence-corrected chi connectivity index (χ4v) is 3.26. The molecular formula is C20H20ClN5O2. The van der Waals surface area contributed by atoms with E-state index in [1.807, 2.05) is 12.1 Å². The summed E-state index contributed by atoms with van der Waals surface area (Å²) in [5.41, 5.74) is 1.75. The second kappa shape index (κ2) is 8.50. The highest BCUT2D eigenvalue weighted by Gasteiger charge is 2.14. The summed E-state index contributed by atoms with van der Waals surface area (Å²) in [4.78, 5) is 25.6. The molecule has 144 valence electrons. The molecule has 3 aromatic rings. The molecule has 3 aromatic heterocycles. The van der Waals surface area contributed by atoms with E-state index in [0.717, 1.165) is 42.8 Å². The van der Waals surface area contributed by atoms with Gasteiger partial charge in [0.1, 0.15) is 11.5 Å². The Morgan fingerprint density at radius 1 is 1.18 bits per heavy atom. The van der Waals surface area contributed by atoms with Crippen LogP contribution in [-0.4, -0.2) is 40.1 Å². The number of carbonyl (C=O) groups excluding carboxylic acids is 1. The zero-order chi connectivity index (χ0) is 19.3. The van der Waals surface area contributed by atoms with E-state index in [4.69, 9.17) is 16.3 Å². The van der Waals surface area contributed by atoms with Gasteiger partial charge in [-0.15, -0.1) is 0 Å². The first-order chi connectivity index (χ1) is 13.7. The summed E-state index contributed by atoms with van der Waals surface area (Å²) in [6.07, 6.45) is 5.28. The quantitative estimate of drug-likeness (QED) is 0.687. The van der Waals surface area contributed by atoms with Crippen molar-refractivity contribution in [3.8, 4) is 0 Å². The van der Waals surface area contributed by atoms with E-state index < -0.39 is 0 Å². The molecule has 0 aromatic carbocycles. The van der Waals surface area contributed by atoms with Crippen molar-refractivity contribution in [2.45, 2.75) is 25.4 Å². The average Bonchev–Trinajstić information content (AvgIpc) is 2.72. The molecule has 0 atom stereocenters. The lowest BCUT2D eigenvalue weighted by Crippen LogP contribution is -2.28. The predicted molar refractivity (Wildman–Crippen MR) is 107 cm³/mol. The summed E-state index contributed by atoms with van der Waals surface area (Å²) < 4.78 is 5.38. The second-order valence-electron chi connectivity index (χ2n) is 6.64. The van der Waals surface area contributed by atoms with E-state index in [9.17, 15) is 4.79 Å². The van der Waals surface area contributed by atoms with Gasteiger partial charge in [0, 0.05) is 48.1 Å². The van der Waals surface area contributed by atoms with Crippen LogP contribution in [0.25, 0.3) is 10.9 Å². The van der Waals surface area contributed by atoms with Crippen LogP contribution in [0.15, 0.2) is 42.7 Å². The van der Waals surface area contributed by atoms with Crippen LogP contribution in [0.3, 0.4) is 0 Å². The summed E-state index contributed by atoms with van der Waals surface area (Å²) in [6.45, 7) is 1.80. The van der Waals surface area contributed by atoms with E-state index in [1.54, 1.807) is 30.6 Å². The molecule has 0 saturated carbocycles. The van der Waals surface area contributed by atoms with E-state index >= 15 is 0 Å². The van der Waals surface area contributed by atoms with Gasteiger partial charge in [0.05, 0.1) is 17.8 Å². The number of amides is 1. The van der Waals surface area contributed by atoms with E-state index in [1.165, 1.54) is 0 Å². The van der Waals surface area contributed by atoms with Gasteiger partial charge in [-0.2, -0.15) is 0 Å². The zero-order valence-electron chi connectivity index (χ0n) is 15.2. The molecule has 7 nitrogen and oxygen atoms in total. The van der Waals surface area contributed by atoms with Crippen molar-refractivity contribution in [2.24, 2.45) is 0 Å². The molecule has 1 fully saturated rings. The van der Waals surface area contributed by atoms with Crippen LogP contribution in [0.1, 0.15) is 29.0 Å². The summed E-state index contributed by atoms with van der Waals surface area (Å²) in [5.74, 6) is 0.493. The number of rotatable bonds is 5. The Labute approximate surface area is 167 Å². The van der Waals surface area contributed by atoms with Crippen molar-refractivity contribution in [1.29, 1.82) is 0 Å². The molecule has 4 heterocycles. The molecule has 4 rings (SSSR count). The summed E-state index contributed by atoms with van der Waals surface area (Å²) in [6, 6.07) is 9.17. The summed E-state index contributed by atoms with van der Waals surface area (Å²) in [5, 5.41) is 7.70. The Kier molecular flexibility index (Phi) is 5.64. The highest BCUT2D eigenvalue weighted by atomic mass is 35.5. The number of fused-ring (bicyclic) bond motifs is 1. The van der Waals surface area contributed by atoms with Crippen molar-refractivity contribution in [3.05, 3.63) is 59.1 Å². The van der Waals surface area contributed by atoms with Gasteiger partial charge in [-0.25, -0.2) is 9.97 Å². The van der Waals surface area contributed by atoms with Crippen molar-refractivity contribution >= 4 is 34.2 Å². The topological polar surface area (TPSA) is 89.0 Å². The molecule has 2 N–H and O–H groups in total. The third kappa shape index (κ3) is 4.55. The molecular weight excluding hydrogens is 378 g/mol. The summed E-state index contributed by atoms with van der Waals surface area (Å²) in [7, 11) is 0. The first kappa shape index (κ1) is 18.6. The van der Waals surface area contributed by atoms with Crippen LogP contribution < -0.4 is 10.6 Å². The average molecular weight is 398 g/mol. The largest absolute Gasteiger partial charge is 0.381 e. The highest BCUT2D eigenvalue weighted by molar-refractivity contribution is 6.30. The molecule has 1 amide bonds. The minimum Gasteiger partial charge on any atom is -0.381 e. The van der Waals surface area contributed by atoms with Gasteiger partial charge in [-0.3, -0.25) is 9.78 Å². The van der Waals surface area contributed by atoms with Crippen LogP contribution in [-0.2, 0) is 11.3 Å². The van der Waals surface area contributed by atoms with E-state index in [-0.39, 0.29) is 12.5 Å². The van der Waals surface area contributed by atoms with Crippen LogP contribution in [0.5, 0.6) is 0 Å². The van der Waals surface area contributed by atoms with Crippen molar-refractivity contribution in [1.82, 2.24) is 20.3 Å². The number of hydrogen-bond acceptors (Lipinski definition) is 6. The van der Waals surface area contributed by atoms with Crippen LogP contribution >= 0.6 is 11.6 Å². The Morgan fingerprint density at radius 2 is 2.04 bits per heavy atom. The molecule has 0 spiro atoms. The number of hydrogen-bond donors (Lipinski definition) is 2. The number of nitrogens with one attached hydrogen (secondary N) is 2. The number of halogens is 1. The normalized spacial score (nSPS) is 14.8. The lowest BCUT2D eigenvalue weighted by Gasteiger charge is -2.23. The van der Waals surface area contributed by atoms with Crippen molar-refractivity contribution in [2.75, 3.05) is 18.5 Å². The van der Waals surface area contributed by atoms with Gasteiger partial charge in [-0.05, 0) is 37.1 Å². The molecule has 1 aliphatic rings. The number of ether oxygens (including phenoxy) is 1. The van der Waals surface area contributed by atoms with Gasteiger partial charge in [-0.1, -0.05) is 11.6 Å². The standard InChI is InChI=1S/C20H20ClN5O2/c21-14-3-6-22-16(9-14)12-24-20(27)17-2-1-13-11-23-19(10-18(13)26-17)25-15-4-7-28-8-5-15/h1-3,6,9-11,15H,4-5,7-8,12H2,(H,23,25)(H,24,27). The van der Waals surface area contributed by atoms with Crippen molar-refractivity contribution < 1.29 is 9.53 Å². The van der Waals surface area contributed by atoms with Gasteiger partial charge in [0.2, 0.25) is 0 Å². The molecule has 1 saturated heterocycles. The number of carbonyl (C=O) groups is 1. The molecule has 0 bridgehead atoms. The van der Waals surface area contributed by atoms with Gasteiger partial charge >= 0.3 is 0 Å². The van der Waals surface area contributed by atoms with Crippen LogP contribution in [0.4, 0.5) is 5.82 Å². The zero-order valence-corrected chi connectivity index (χ0v) is 15.9. The molecule has 28 heavy (non-hydrogen) atoms. The van der Waals surface area contributed by atoms with E-state index in [0.29, 0.717) is 22.5 Å². The highest BCUT2D eigenvalue weighted by Crippen LogP contribution is 2.18. The van der Waals surface area contributed by atoms with Gasteiger partial charge in [0.25, 0.3) is 5.91 Å². The molecule has 1 aliphatic heterocycles. The van der Waals surface area contributed by atoms with Crippen LogP contribution in [0.2, 0.25) is 5.02 Å². The van der Waals surface area contributed by atoms with Gasteiger partial charge in [0.15, 0.2) is 0 Å². The molecule has 8 heteroatoms. The first-order valence-electron chi connectivity index (χ1n) is 9.17.